The number of piperidine rings is 1. The summed E-state index contributed by atoms with van der Waals surface area (Å²) in [5.74, 6) is 0.638. The Kier molecular flexibility index (Phi) is 3.99. The molecule has 0 saturated carbocycles. The summed E-state index contributed by atoms with van der Waals surface area (Å²) >= 11 is 0. The maximum atomic E-state index is 12.3. The molecule has 2 saturated heterocycles. The Labute approximate surface area is 102 Å². The van der Waals surface area contributed by atoms with E-state index < -0.39 is 0 Å². The van der Waals surface area contributed by atoms with E-state index in [0.717, 1.165) is 25.8 Å². The van der Waals surface area contributed by atoms with Crippen molar-refractivity contribution in [1.82, 2.24) is 15.5 Å². The van der Waals surface area contributed by atoms with Crippen molar-refractivity contribution in [3.05, 3.63) is 0 Å². The summed E-state index contributed by atoms with van der Waals surface area (Å²) in [7, 11) is 0. The van der Waals surface area contributed by atoms with Crippen LogP contribution in [-0.2, 0) is 9.59 Å². The van der Waals surface area contributed by atoms with Gasteiger partial charge in [-0.3, -0.25) is 9.59 Å². The van der Waals surface area contributed by atoms with Crippen molar-refractivity contribution in [2.45, 2.75) is 32.2 Å². The molecule has 0 bridgehead atoms. The molecule has 2 aliphatic heterocycles. The first-order chi connectivity index (χ1) is 8.16. The number of carbonyl (C=O) groups is 2. The van der Waals surface area contributed by atoms with Crippen molar-refractivity contribution in [1.29, 1.82) is 0 Å². The van der Waals surface area contributed by atoms with E-state index in [1.54, 1.807) is 4.90 Å². The third kappa shape index (κ3) is 3.19. The Bertz CT molecular complexity index is 306. The summed E-state index contributed by atoms with van der Waals surface area (Å²) in [6.07, 6.45) is 2.86. The molecule has 0 aromatic carbocycles. The third-order valence-electron chi connectivity index (χ3n) is 3.54. The highest BCUT2D eigenvalue weighted by molar-refractivity contribution is 5.87. The fourth-order valence-electron chi connectivity index (χ4n) is 2.51. The van der Waals surface area contributed by atoms with E-state index in [0.29, 0.717) is 19.0 Å². The average molecular weight is 239 g/mol. The smallest absolute Gasteiger partial charge is 0.240 e. The van der Waals surface area contributed by atoms with Crippen LogP contribution in [0.1, 0.15) is 26.2 Å². The first kappa shape index (κ1) is 12.4. The molecule has 5 heteroatoms. The van der Waals surface area contributed by atoms with E-state index in [1.165, 1.54) is 0 Å². The molecule has 2 aliphatic rings. The van der Waals surface area contributed by atoms with Gasteiger partial charge in [0.2, 0.25) is 11.8 Å². The average Bonchev–Trinajstić information content (AvgIpc) is 2.53. The molecule has 0 radical (unpaired) electrons. The van der Waals surface area contributed by atoms with E-state index in [-0.39, 0.29) is 24.4 Å². The monoisotopic (exact) mass is 239 g/mol. The van der Waals surface area contributed by atoms with Gasteiger partial charge in [-0.15, -0.1) is 0 Å². The summed E-state index contributed by atoms with van der Waals surface area (Å²) in [4.78, 5) is 25.4. The van der Waals surface area contributed by atoms with Gasteiger partial charge in [0.05, 0.1) is 12.6 Å². The zero-order valence-corrected chi connectivity index (χ0v) is 10.4. The van der Waals surface area contributed by atoms with E-state index in [4.69, 9.17) is 0 Å². The topological polar surface area (TPSA) is 61.4 Å². The van der Waals surface area contributed by atoms with Gasteiger partial charge in [0.15, 0.2) is 0 Å². The molecule has 2 rings (SSSR count). The van der Waals surface area contributed by atoms with Crippen LogP contribution in [0.4, 0.5) is 0 Å². The molecular weight excluding hydrogens is 218 g/mol. The predicted octanol–water partition coefficient (Wildman–Crippen LogP) is -0.277. The molecule has 0 aliphatic carbocycles. The van der Waals surface area contributed by atoms with Crippen molar-refractivity contribution in [2.24, 2.45) is 5.92 Å². The van der Waals surface area contributed by atoms with E-state index >= 15 is 0 Å². The fourth-order valence-corrected chi connectivity index (χ4v) is 2.51. The predicted molar refractivity (Wildman–Crippen MR) is 64.4 cm³/mol. The van der Waals surface area contributed by atoms with Gasteiger partial charge in [-0.05, 0) is 31.7 Å². The Hall–Kier alpha value is -1.10. The van der Waals surface area contributed by atoms with Gasteiger partial charge in [-0.1, -0.05) is 6.92 Å². The van der Waals surface area contributed by atoms with E-state index in [2.05, 4.69) is 17.6 Å². The Morgan fingerprint density at radius 2 is 2.24 bits per heavy atom. The Morgan fingerprint density at radius 1 is 1.41 bits per heavy atom. The van der Waals surface area contributed by atoms with Crippen LogP contribution in [0.2, 0.25) is 0 Å². The van der Waals surface area contributed by atoms with Crippen molar-refractivity contribution in [3.63, 3.8) is 0 Å². The van der Waals surface area contributed by atoms with Crippen LogP contribution in [-0.4, -0.2) is 48.9 Å². The van der Waals surface area contributed by atoms with Gasteiger partial charge in [0.1, 0.15) is 0 Å². The molecule has 2 amide bonds. The van der Waals surface area contributed by atoms with Crippen LogP contribution in [0.5, 0.6) is 0 Å². The van der Waals surface area contributed by atoms with Crippen molar-refractivity contribution in [2.75, 3.05) is 26.2 Å². The zero-order valence-electron chi connectivity index (χ0n) is 10.4. The molecule has 96 valence electrons. The lowest BCUT2D eigenvalue weighted by Crippen LogP contribution is -2.51. The SMILES string of the molecule is CC1CCNC(C(=O)N2CCCNC(=O)C2)C1. The summed E-state index contributed by atoms with van der Waals surface area (Å²) in [6.45, 7) is 4.65. The summed E-state index contributed by atoms with van der Waals surface area (Å²) in [5, 5.41) is 6.05. The standard InChI is InChI=1S/C12H21N3O2/c1-9-3-5-13-10(7-9)12(17)15-6-2-4-14-11(16)8-15/h9-10,13H,2-8H2,1H3,(H,14,16). The molecular formula is C12H21N3O2. The normalized spacial score (nSPS) is 30.6. The van der Waals surface area contributed by atoms with Crippen molar-refractivity contribution in [3.8, 4) is 0 Å². The lowest BCUT2D eigenvalue weighted by molar-refractivity contribution is -0.137. The van der Waals surface area contributed by atoms with Crippen LogP contribution in [0.15, 0.2) is 0 Å². The summed E-state index contributed by atoms with van der Waals surface area (Å²) in [5.41, 5.74) is 0. The Balaban J connectivity index is 1.95. The minimum absolute atomic E-state index is 0.0419. The lowest BCUT2D eigenvalue weighted by atomic mass is 9.93. The number of nitrogens with one attached hydrogen (secondary N) is 2. The molecule has 0 spiro atoms. The number of amides is 2. The van der Waals surface area contributed by atoms with Gasteiger partial charge in [-0.25, -0.2) is 0 Å². The van der Waals surface area contributed by atoms with Crippen LogP contribution in [0, 0.1) is 5.92 Å². The second kappa shape index (κ2) is 5.49. The van der Waals surface area contributed by atoms with Crippen molar-refractivity contribution >= 4 is 11.8 Å². The zero-order chi connectivity index (χ0) is 12.3. The highest BCUT2D eigenvalue weighted by Crippen LogP contribution is 2.17. The molecule has 2 fully saturated rings. The van der Waals surface area contributed by atoms with Crippen LogP contribution in [0.3, 0.4) is 0 Å². The van der Waals surface area contributed by atoms with Gasteiger partial charge >= 0.3 is 0 Å². The maximum absolute atomic E-state index is 12.3. The molecule has 2 unspecified atom stereocenters. The van der Waals surface area contributed by atoms with E-state index in [9.17, 15) is 9.59 Å². The largest absolute Gasteiger partial charge is 0.354 e. The van der Waals surface area contributed by atoms with Gasteiger partial charge in [0.25, 0.3) is 0 Å². The molecule has 0 aromatic rings. The molecule has 2 heterocycles. The minimum atomic E-state index is -0.0929. The molecule has 2 N–H and O–H groups in total. The number of rotatable bonds is 1. The van der Waals surface area contributed by atoms with Gasteiger partial charge < -0.3 is 15.5 Å². The summed E-state index contributed by atoms with van der Waals surface area (Å²) in [6, 6.07) is -0.0929. The quantitative estimate of drug-likeness (QED) is 0.662. The van der Waals surface area contributed by atoms with Gasteiger partial charge in [-0.2, -0.15) is 0 Å². The maximum Gasteiger partial charge on any atom is 0.240 e. The first-order valence-corrected chi connectivity index (χ1v) is 6.45. The summed E-state index contributed by atoms with van der Waals surface area (Å²) < 4.78 is 0. The lowest BCUT2D eigenvalue weighted by Gasteiger charge is -2.31. The molecule has 5 nitrogen and oxygen atoms in total. The van der Waals surface area contributed by atoms with Crippen LogP contribution >= 0.6 is 0 Å². The second-order valence-corrected chi connectivity index (χ2v) is 5.10. The van der Waals surface area contributed by atoms with Gasteiger partial charge in [0, 0.05) is 13.1 Å². The highest BCUT2D eigenvalue weighted by atomic mass is 16.2. The molecule has 2 atom stereocenters. The number of hydrogen-bond acceptors (Lipinski definition) is 3. The third-order valence-corrected chi connectivity index (χ3v) is 3.54. The van der Waals surface area contributed by atoms with Crippen LogP contribution < -0.4 is 10.6 Å². The highest BCUT2D eigenvalue weighted by Gasteiger charge is 2.29. The molecule has 17 heavy (non-hydrogen) atoms. The molecule has 0 aromatic heterocycles. The second-order valence-electron chi connectivity index (χ2n) is 5.10. The Morgan fingerprint density at radius 3 is 3.00 bits per heavy atom. The first-order valence-electron chi connectivity index (χ1n) is 6.45. The number of hydrogen-bond donors (Lipinski definition) is 2. The van der Waals surface area contributed by atoms with E-state index in [1.807, 2.05) is 0 Å². The fraction of sp³-hybridized carbons (Fsp3) is 0.833. The number of carbonyl (C=O) groups excluding carboxylic acids is 2. The van der Waals surface area contributed by atoms with Crippen LogP contribution in [0.25, 0.3) is 0 Å². The minimum Gasteiger partial charge on any atom is -0.354 e. The number of nitrogens with zero attached hydrogens (tertiary/aromatic N) is 1. The van der Waals surface area contributed by atoms with Crippen molar-refractivity contribution < 1.29 is 9.59 Å².